The Labute approximate surface area is 114 Å². The van der Waals surface area contributed by atoms with E-state index in [-0.39, 0.29) is 11.8 Å². The van der Waals surface area contributed by atoms with Crippen molar-refractivity contribution < 1.29 is 8.42 Å². The van der Waals surface area contributed by atoms with Crippen LogP contribution in [0.1, 0.15) is 24.9 Å². The Morgan fingerprint density at radius 1 is 1.44 bits per heavy atom. The molecule has 0 aliphatic carbocycles. The largest absolute Gasteiger partial charge is 0.330 e. The van der Waals surface area contributed by atoms with Gasteiger partial charge in [0.1, 0.15) is 0 Å². The van der Waals surface area contributed by atoms with Crippen LogP contribution in [0, 0.1) is 0 Å². The molecule has 1 atom stereocenters. The van der Waals surface area contributed by atoms with E-state index in [1.54, 1.807) is 19.2 Å². The summed E-state index contributed by atoms with van der Waals surface area (Å²) in [6.07, 6.45) is 0.467. The summed E-state index contributed by atoms with van der Waals surface area (Å²) >= 11 is 5.91. The number of nitrogens with two attached hydrogens (primary N) is 1. The molecule has 0 amide bonds. The molecule has 0 spiro atoms. The highest BCUT2D eigenvalue weighted by atomic mass is 35.5. The molecule has 1 aromatic carbocycles. The Kier molecular flexibility index (Phi) is 5.59. The van der Waals surface area contributed by atoms with Crippen molar-refractivity contribution in [3.05, 3.63) is 34.9 Å². The molecule has 2 N–H and O–H groups in total. The van der Waals surface area contributed by atoms with Crippen LogP contribution < -0.4 is 5.73 Å². The molecule has 0 aliphatic heterocycles. The average molecular weight is 291 g/mol. The van der Waals surface area contributed by atoms with Crippen LogP contribution in [0.4, 0.5) is 0 Å². The van der Waals surface area contributed by atoms with Crippen LogP contribution in [0.3, 0.4) is 0 Å². The maximum atomic E-state index is 12.0. The van der Waals surface area contributed by atoms with E-state index < -0.39 is 10.0 Å². The molecular formula is C12H19ClN2O2S. The molecule has 0 saturated carbocycles. The number of benzene rings is 1. The van der Waals surface area contributed by atoms with Gasteiger partial charge in [0.05, 0.1) is 5.75 Å². The molecule has 1 rings (SSSR count). The highest BCUT2D eigenvalue weighted by molar-refractivity contribution is 7.89. The van der Waals surface area contributed by atoms with Gasteiger partial charge in [0.25, 0.3) is 0 Å². The molecule has 0 aliphatic rings. The van der Waals surface area contributed by atoms with Crippen molar-refractivity contribution in [3.8, 4) is 0 Å². The third-order valence-electron chi connectivity index (χ3n) is 2.92. The summed E-state index contributed by atoms with van der Waals surface area (Å²) in [7, 11) is -1.69. The van der Waals surface area contributed by atoms with Crippen LogP contribution in [0.25, 0.3) is 0 Å². The van der Waals surface area contributed by atoms with Gasteiger partial charge < -0.3 is 5.73 Å². The average Bonchev–Trinajstić information content (AvgIpc) is 2.34. The Morgan fingerprint density at radius 3 is 2.67 bits per heavy atom. The SMILES string of the molecule is CC(c1cccc(Cl)c1)N(C)S(=O)(=O)CCCN. The van der Waals surface area contributed by atoms with Gasteiger partial charge in [-0.25, -0.2) is 8.42 Å². The maximum Gasteiger partial charge on any atom is 0.214 e. The molecule has 6 heteroatoms. The first-order valence-corrected chi connectivity index (χ1v) is 7.78. The lowest BCUT2D eigenvalue weighted by molar-refractivity contribution is 0.398. The molecule has 0 saturated heterocycles. The molecule has 0 bridgehead atoms. The summed E-state index contributed by atoms with van der Waals surface area (Å²) in [5.41, 5.74) is 6.22. The first-order chi connectivity index (χ1) is 8.38. The lowest BCUT2D eigenvalue weighted by Crippen LogP contribution is -2.32. The van der Waals surface area contributed by atoms with E-state index in [2.05, 4.69) is 0 Å². The summed E-state index contributed by atoms with van der Waals surface area (Å²) in [6, 6.07) is 6.98. The van der Waals surface area contributed by atoms with Gasteiger partial charge in [-0.15, -0.1) is 0 Å². The summed E-state index contributed by atoms with van der Waals surface area (Å²) in [6.45, 7) is 2.21. The molecule has 0 aromatic heterocycles. The Bertz CT molecular complexity index is 491. The van der Waals surface area contributed by atoms with Gasteiger partial charge >= 0.3 is 0 Å². The van der Waals surface area contributed by atoms with Crippen LogP contribution in [-0.2, 0) is 10.0 Å². The van der Waals surface area contributed by atoms with Crippen molar-refractivity contribution in [2.75, 3.05) is 19.3 Å². The molecular weight excluding hydrogens is 272 g/mol. The highest BCUT2D eigenvalue weighted by Crippen LogP contribution is 2.24. The summed E-state index contributed by atoms with van der Waals surface area (Å²) in [5.74, 6) is 0.0743. The van der Waals surface area contributed by atoms with E-state index in [4.69, 9.17) is 17.3 Å². The fourth-order valence-corrected chi connectivity index (χ4v) is 3.25. The highest BCUT2D eigenvalue weighted by Gasteiger charge is 2.23. The fraction of sp³-hybridized carbons (Fsp3) is 0.500. The lowest BCUT2D eigenvalue weighted by Gasteiger charge is -2.24. The van der Waals surface area contributed by atoms with E-state index in [0.717, 1.165) is 5.56 Å². The van der Waals surface area contributed by atoms with Gasteiger partial charge in [-0.05, 0) is 37.6 Å². The van der Waals surface area contributed by atoms with Crippen molar-refractivity contribution in [1.82, 2.24) is 4.31 Å². The molecule has 0 fully saturated rings. The Morgan fingerprint density at radius 2 is 2.11 bits per heavy atom. The third-order valence-corrected chi connectivity index (χ3v) is 5.16. The van der Waals surface area contributed by atoms with Gasteiger partial charge in [-0.2, -0.15) is 4.31 Å². The van der Waals surface area contributed by atoms with E-state index in [0.29, 0.717) is 18.0 Å². The van der Waals surface area contributed by atoms with Gasteiger partial charge in [0, 0.05) is 18.1 Å². The van der Waals surface area contributed by atoms with Gasteiger partial charge in [0.15, 0.2) is 0 Å². The third kappa shape index (κ3) is 3.95. The predicted molar refractivity (Wildman–Crippen MR) is 75.1 cm³/mol. The first-order valence-electron chi connectivity index (χ1n) is 5.79. The topological polar surface area (TPSA) is 63.4 Å². The van der Waals surface area contributed by atoms with Crippen LogP contribution >= 0.6 is 11.6 Å². The monoisotopic (exact) mass is 290 g/mol. The Balaban J connectivity index is 2.87. The zero-order valence-electron chi connectivity index (χ0n) is 10.6. The predicted octanol–water partition coefficient (Wildman–Crippen LogP) is 2.01. The quantitative estimate of drug-likeness (QED) is 0.872. The van der Waals surface area contributed by atoms with E-state index in [1.807, 2.05) is 19.1 Å². The standard InChI is InChI=1S/C12H19ClN2O2S/c1-10(11-5-3-6-12(13)9-11)15(2)18(16,17)8-4-7-14/h3,5-6,9-10H,4,7-8,14H2,1-2H3. The summed E-state index contributed by atoms with van der Waals surface area (Å²) in [4.78, 5) is 0. The number of hydrogen-bond acceptors (Lipinski definition) is 3. The Hall–Kier alpha value is -0.620. The molecule has 0 radical (unpaired) electrons. The maximum absolute atomic E-state index is 12.0. The number of nitrogens with zero attached hydrogens (tertiary/aromatic N) is 1. The fourth-order valence-electron chi connectivity index (χ4n) is 1.63. The minimum atomic E-state index is -3.27. The smallest absolute Gasteiger partial charge is 0.214 e. The zero-order chi connectivity index (χ0) is 13.8. The zero-order valence-corrected chi connectivity index (χ0v) is 12.2. The number of hydrogen-bond donors (Lipinski definition) is 1. The van der Waals surface area contributed by atoms with E-state index >= 15 is 0 Å². The van der Waals surface area contributed by atoms with E-state index in [9.17, 15) is 8.42 Å². The van der Waals surface area contributed by atoms with Gasteiger partial charge in [-0.1, -0.05) is 23.7 Å². The minimum absolute atomic E-state index is 0.0743. The van der Waals surface area contributed by atoms with Crippen LogP contribution in [0.2, 0.25) is 5.02 Å². The number of rotatable bonds is 6. The molecule has 4 nitrogen and oxygen atoms in total. The molecule has 102 valence electrons. The molecule has 0 heterocycles. The van der Waals surface area contributed by atoms with E-state index in [1.165, 1.54) is 4.31 Å². The lowest BCUT2D eigenvalue weighted by atomic mass is 10.1. The second-order valence-corrected chi connectivity index (χ2v) is 6.79. The van der Waals surface area contributed by atoms with Crippen LogP contribution in [0.15, 0.2) is 24.3 Å². The van der Waals surface area contributed by atoms with Crippen molar-refractivity contribution in [3.63, 3.8) is 0 Å². The summed E-state index contributed by atoms with van der Waals surface area (Å²) in [5, 5.41) is 0.604. The molecule has 18 heavy (non-hydrogen) atoms. The summed E-state index contributed by atoms with van der Waals surface area (Å²) < 4.78 is 25.4. The van der Waals surface area contributed by atoms with Gasteiger partial charge in [0.2, 0.25) is 10.0 Å². The number of halogens is 1. The van der Waals surface area contributed by atoms with Crippen LogP contribution in [-0.4, -0.2) is 32.1 Å². The van der Waals surface area contributed by atoms with Gasteiger partial charge in [-0.3, -0.25) is 0 Å². The normalized spacial score (nSPS) is 13.8. The first kappa shape index (κ1) is 15.4. The van der Waals surface area contributed by atoms with Crippen molar-refractivity contribution >= 4 is 21.6 Å². The number of sulfonamides is 1. The van der Waals surface area contributed by atoms with Crippen molar-refractivity contribution in [2.45, 2.75) is 19.4 Å². The minimum Gasteiger partial charge on any atom is -0.330 e. The van der Waals surface area contributed by atoms with Crippen molar-refractivity contribution in [1.29, 1.82) is 0 Å². The van der Waals surface area contributed by atoms with Crippen molar-refractivity contribution in [2.24, 2.45) is 5.73 Å². The second kappa shape index (κ2) is 6.52. The second-order valence-electron chi connectivity index (χ2n) is 4.21. The molecule has 1 aromatic rings. The molecule has 1 unspecified atom stereocenters. The van der Waals surface area contributed by atoms with Crippen LogP contribution in [0.5, 0.6) is 0 Å².